The third-order valence-corrected chi connectivity index (χ3v) is 6.02. The molecule has 0 saturated carbocycles. The number of carbonyl (C=O) groups excluding carboxylic acids is 1. The number of benzene rings is 2. The van der Waals surface area contributed by atoms with Gasteiger partial charge in [0.25, 0.3) is 5.91 Å². The number of hydrogen-bond acceptors (Lipinski definition) is 4. The summed E-state index contributed by atoms with van der Waals surface area (Å²) in [6, 6.07) is 12.6. The van der Waals surface area contributed by atoms with E-state index in [9.17, 15) is 13.2 Å². The molecule has 0 aliphatic heterocycles. The lowest BCUT2D eigenvalue weighted by atomic mass is 10.0. The van der Waals surface area contributed by atoms with Crippen LogP contribution in [0.25, 0.3) is 0 Å². The molecule has 2 aromatic carbocycles. The van der Waals surface area contributed by atoms with Gasteiger partial charge in [-0.05, 0) is 49.8 Å². The Bertz CT molecular complexity index is 909. The van der Waals surface area contributed by atoms with Crippen LogP contribution < -0.4 is 5.32 Å². The van der Waals surface area contributed by atoms with Gasteiger partial charge in [0, 0.05) is 18.4 Å². The second-order valence-electron chi connectivity index (χ2n) is 6.70. The van der Waals surface area contributed by atoms with Crippen molar-refractivity contribution in [2.75, 3.05) is 26.9 Å². The van der Waals surface area contributed by atoms with Crippen LogP contribution in [0.1, 0.15) is 34.5 Å². The van der Waals surface area contributed by atoms with Crippen LogP contribution in [0.15, 0.2) is 47.4 Å². The Morgan fingerprint density at radius 3 is 2.30 bits per heavy atom. The van der Waals surface area contributed by atoms with Crippen LogP contribution in [0.3, 0.4) is 0 Å². The highest BCUT2D eigenvalue weighted by molar-refractivity contribution is 7.90. The number of aryl methyl sites for hydroxylation is 1. The molecular weight excluding hydrogens is 384 g/mol. The van der Waals surface area contributed by atoms with Gasteiger partial charge in [0.05, 0.1) is 16.0 Å². The maximum Gasteiger partial charge on any atom is 0.251 e. The number of halogens is 1. The molecule has 1 unspecified atom stereocenters. The average Bonchev–Trinajstić information content (AvgIpc) is 2.61. The number of hydrogen-bond donors (Lipinski definition) is 1. The van der Waals surface area contributed by atoms with E-state index in [4.69, 9.17) is 11.6 Å². The van der Waals surface area contributed by atoms with Gasteiger partial charge in [-0.25, -0.2) is 8.42 Å². The Balaban J connectivity index is 2.16. The smallest absolute Gasteiger partial charge is 0.251 e. The van der Waals surface area contributed by atoms with E-state index >= 15 is 0 Å². The Morgan fingerprint density at radius 2 is 1.78 bits per heavy atom. The summed E-state index contributed by atoms with van der Waals surface area (Å²) in [4.78, 5) is 14.5. The third-order valence-electron chi connectivity index (χ3n) is 4.44. The number of amides is 1. The van der Waals surface area contributed by atoms with Crippen molar-refractivity contribution in [3.8, 4) is 0 Å². The summed E-state index contributed by atoms with van der Waals surface area (Å²) in [5, 5.41) is 2.99. The highest BCUT2D eigenvalue weighted by Gasteiger charge is 2.18. The molecule has 7 heteroatoms. The summed E-state index contributed by atoms with van der Waals surface area (Å²) >= 11 is 5.94. The lowest BCUT2D eigenvalue weighted by Crippen LogP contribution is -2.34. The first-order chi connectivity index (χ1) is 12.6. The molecule has 0 aliphatic carbocycles. The minimum atomic E-state index is -3.50. The second kappa shape index (κ2) is 8.87. The first-order valence-corrected chi connectivity index (χ1v) is 10.9. The zero-order chi connectivity index (χ0) is 20.2. The van der Waals surface area contributed by atoms with Crippen LogP contribution in [0, 0.1) is 0 Å². The molecule has 0 aromatic heterocycles. The van der Waals surface area contributed by atoms with Crippen molar-refractivity contribution in [1.82, 2.24) is 10.2 Å². The fourth-order valence-electron chi connectivity index (χ4n) is 2.79. The van der Waals surface area contributed by atoms with Crippen molar-refractivity contribution in [2.45, 2.75) is 24.3 Å². The van der Waals surface area contributed by atoms with Crippen molar-refractivity contribution in [1.29, 1.82) is 0 Å². The predicted molar refractivity (Wildman–Crippen MR) is 109 cm³/mol. The second-order valence-corrected chi connectivity index (χ2v) is 9.09. The maximum absolute atomic E-state index is 12.5. The molecule has 1 atom stereocenters. The summed E-state index contributed by atoms with van der Waals surface area (Å²) in [6.45, 7) is 2.50. The molecule has 2 rings (SSSR count). The fourth-order valence-corrected chi connectivity index (χ4v) is 4.10. The summed E-state index contributed by atoms with van der Waals surface area (Å²) in [6.07, 6.45) is 2.04. The van der Waals surface area contributed by atoms with Gasteiger partial charge < -0.3 is 10.2 Å². The molecule has 5 nitrogen and oxygen atoms in total. The maximum atomic E-state index is 12.5. The van der Waals surface area contributed by atoms with Crippen LogP contribution >= 0.6 is 11.6 Å². The normalized spacial score (nSPS) is 12.8. The Morgan fingerprint density at radius 1 is 1.15 bits per heavy atom. The van der Waals surface area contributed by atoms with E-state index in [0.29, 0.717) is 6.54 Å². The SMILES string of the molecule is CCc1ccc(C(CNC(=O)c2ccc(Cl)c(S(C)(=O)=O)c2)N(C)C)cc1. The topological polar surface area (TPSA) is 66.5 Å². The van der Waals surface area contributed by atoms with E-state index in [1.54, 1.807) is 0 Å². The van der Waals surface area contributed by atoms with Crippen LogP contribution in [-0.4, -0.2) is 46.1 Å². The van der Waals surface area contributed by atoms with Gasteiger partial charge in [0.2, 0.25) is 0 Å². The van der Waals surface area contributed by atoms with Crippen LogP contribution in [0.4, 0.5) is 0 Å². The van der Waals surface area contributed by atoms with Crippen molar-refractivity contribution < 1.29 is 13.2 Å². The van der Waals surface area contributed by atoms with Gasteiger partial charge >= 0.3 is 0 Å². The predicted octanol–water partition coefficient (Wildman–Crippen LogP) is 3.34. The van der Waals surface area contributed by atoms with Crippen molar-refractivity contribution >= 4 is 27.3 Å². The first-order valence-electron chi connectivity index (χ1n) is 8.66. The van der Waals surface area contributed by atoms with Gasteiger partial charge in [-0.2, -0.15) is 0 Å². The van der Waals surface area contributed by atoms with Gasteiger partial charge in [-0.1, -0.05) is 42.8 Å². The van der Waals surface area contributed by atoms with E-state index in [-0.39, 0.29) is 27.4 Å². The van der Waals surface area contributed by atoms with E-state index in [1.165, 1.54) is 23.8 Å². The lowest BCUT2D eigenvalue weighted by molar-refractivity contribution is 0.0941. The van der Waals surface area contributed by atoms with Crippen molar-refractivity contribution in [3.05, 3.63) is 64.2 Å². The molecule has 0 saturated heterocycles. The number of nitrogens with one attached hydrogen (secondary N) is 1. The zero-order valence-electron chi connectivity index (χ0n) is 16.0. The third kappa shape index (κ3) is 5.54. The Hall–Kier alpha value is -1.89. The molecule has 1 amide bonds. The molecule has 0 aliphatic rings. The molecule has 0 heterocycles. The number of nitrogens with zero attached hydrogens (tertiary/aromatic N) is 1. The summed E-state index contributed by atoms with van der Waals surface area (Å²) < 4.78 is 23.6. The van der Waals surface area contributed by atoms with E-state index in [1.807, 2.05) is 19.0 Å². The fraction of sp³-hybridized carbons (Fsp3) is 0.350. The van der Waals surface area contributed by atoms with Crippen molar-refractivity contribution in [3.63, 3.8) is 0 Å². The number of rotatable bonds is 7. The lowest BCUT2D eigenvalue weighted by Gasteiger charge is -2.25. The van der Waals surface area contributed by atoms with Gasteiger partial charge in [-0.15, -0.1) is 0 Å². The standard InChI is InChI=1S/C20H25ClN2O3S/c1-5-14-6-8-15(9-7-14)18(23(2)3)13-22-20(24)16-10-11-17(21)19(12-16)27(4,25)26/h6-12,18H,5,13H2,1-4H3,(H,22,24). The summed E-state index contributed by atoms with van der Waals surface area (Å²) in [5.74, 6) is -0.339. The van der Waals surface area contributed by atoms with Gasteiger partial charge in [0.15, 0.2) is 9.84 Å². The largest absolute Gasteiger partial charge is 0.350 e. The Kier molecular flexibility index (Phi) is 7.03. The zero-order valence-corrected chi connectivity index (χ0v) is 17.6. The van der Waals surface area contributed by atoms with Crippen LogP contribution in [-0.2, 0) is 16.3 Å². The molecule has 27 heavy (non-hydrogen) atoms. The molecular formula is C20H25ClN2O3S. The number of sulfone groups is 1. The van der Waals surface area contributed by atoms with E-state index in [2.05, 4.69) is 36.5 Å². The van der Waals surface area contributed by atoms with Crippen LogP contribution in [0.2, 0.25) is 5.02 Å². The van der Waals surface area contributed by atoms with Gasteiger partial charge in [0.1, 0.15) is 0 Å². The van der Waals surface area contributed by atoms with E-state index in [0.717, 1.165) is 18.2 Å². The highest BCUT2D eigenvalue weighted by atomic mass is 35.5. The molecule has 2 aromatic rings. The summed E-state index contributed by atoms with van der Waals surface area (Å²) in [7, 11) is 0.402. The number of carbonyl (C=O) groups is 1. The molecule has 0 bridgehead atoms. The quantitative estimate of drug-likeness (QED) is 0.763. The minimum Gasteiger partial charge on any atom is -0.350 e. The minimum absolute atomic E-state index is 0.00142. The number of likely N-dealkylation sites (N-methyl/N-ethyl adjacent to an activating group) is 1. The highest BCUT2D eigenvalue weighted by Crippen LogP contribution is 2.23. The van der Waals surface area contributed by atoms with Crippen LogP contribution in [0.5, 0.6) is 0 Å². The monoisotopic (exact) mass is 408 g/mol. The molecule has 0 radical (unpaired) electrons. The summed E-state index contributed by atoms with van der Waals surface area (Å²) in [5.41, 5.74) is 2.62. The molecule has 0 fully saturated rings. The molecule has 146 valence electrons. The first kappa shape index (κ1) is 21.4. The Labute approximate surface area is 166 Å². The average molecular weight is 409 g/mol. The van der Waals surface area contributed by atoms with Gasteiger partial charge in [-0.3, -0.25) is 4.79 Å². The van der Waals surface area contributed by atoms with E-state index < -0.39 is 9.84 Å². The van der Waals surface area contributed by atoms with Crippen molar-refractivity contribution in [2.24, 2.45) is 0 Å². The molecule has 0 spiro atoms. The molecule has 1 N–H and O–H groups in total.